The number of carbonyl (C=O) groups is 1. The van der Waals surface area contributed by atoms with Crippen LogP contribution in [0.1, 0.15) is 52.4 Å². The number of anilines is 1. The Bertz CT molecular complexity index is 906. The van der Waals surface area contributed by atoms with E-state index < -0.39 is 6.10 Å². The second kappa shape index (κ2) is 7.38. The normalized spacial score (nSPS) is 22.1. The van der Waals surface area contributed by atoms with Gasteiger partial charge in [0.2, 0.25) is 0 Å². The van der Waals surface area contributed by atoms with E-state index in [9.17, 15) is 9.90 Å². The molecular formula is C22H27N3O3S. The average molecular weight is 414 g/mol. The second-order valence-electron chi connectivity index (χ2n) is 8.72. The highest BCUT2D eigenvalue weighted by molar-refractivity contribution is 7.10. The van der Waals surface area contributed by atoms with Gasteiger partial charge in [-0.25, -0.2) is 4.79 Å². The minimum atomic E-state index is -0.540. The van der Waals surface area contributed by atoms with Gasteiger partial charge in [0.1, 0.15) is 11.6 Å². The van der Waals surface area contributed by atoms with Crippen molar-refractivity contribution in [2.45, 2.75) is 38.9 Å². The van der Waals surface area contributed by atoms with Crippen LogP contribution in [-0.4, -0.2) is 53.1 Å². The molecule has 0 amide bonds. The number of hydrogen-bond acceptors (Lipinski definition) is 7. The van der Waals surface area contributed by atoms with Crippen LogP contribution in [0.3, 0.4) is 0 Å². The van der Waals surface area contributed by atoms with E-state index in [0.717, 1.165) is 42.9 Å². The van der Waals surface area contributed by atoms with E-state index in [2.05, 4.69) is 20.2 Å². The molecule has 5 rings (SSSR count). The number of fused-ring (bicyclic) bond motifs is 1. The smallest absolute Gasteiger partial charge is 0.338 e. The van der Waals surface area contributed by atoms with Crippen molar-refractivity contribution in [2.75, 3.05) is 37.6 Å². The lowest BCUT2D eigenvalue weighted by molar-refractivity contribution is 0.0534. The Balaban J connectivity index is 1.20. The zero-order chi connectivity index (χ0) is 20.0. The van der Waals surface area contributed by atoms with Crippen LogP contribution in [0.4, 0.5) is 5.00 Å². The summed E-state index contributed by atoms with van der Waals surface area (Å²) in [6, 6.07) is 5.81. The van der Waals surface area contributed by atoms with Crippen molar-refractivity contribution in [3.8, 4) is 0 Å². The van der Waals surface area contributed by atoms with Gasteiger partial charge >= 0.3 is 5.97 Å². The molecule has 2 fully saturated rings. The number of rotatable bonds is 4. The lowest BCUT2D eigenvalue weighted by atomic mass is 9.77. The van der Waals surface area contributed by atoms with Crippen molar-refractivity contribution in [1.82, 2.24) is 9.27 Å². The zero-order valence-corrected chi connectivity index (χ0v) is 17.6. The van der Waals surface area contributed by atoms with Gasteiger partial charge in [-0.05, 0) is 79.5 Å². The largest absolute Gasteiger partial charge is 0.457 e. The molecular weight excluding hydrogens is 386 g/mol. The minimum absolute atomic E-state index is 0.255. The van der Waals surface area contributed by atoms with Gasteiger partial charge in [0.15, 0.2) is 0 Å². The maximum Gasteiger partial charge on any atom is 0.338 e. The molecule has 0 radical (unpaired) electrons. The molecule has 1 aromatic carbocycles. The van der Waals surface area contributed by atoms with E-state index >= 15 is 0 Å². The number of aliphatic hydroxyl groups excluding tert-OH is 1. The maximum absolute atomic E-state index is 11.7. The highest BCUT2D eigenvalue weighted by Gasteiger charge is 2.41. The Kier molecular flexibility index (Phi) is 4.84. The monoisotopic (exact) mass is 413 g/mol. The summed E-state index contributed by atoms with van der Waals surface area (Å²) in [5, 5.41) is 12.2. The fraction of sp³-hybridized carbons (Fsp3) is 0.545. The Morgan fingerprint density at radius 2 is 2.03 bits per heavy atom. The number of esters is 1. The number of ether oxygens (including phenoxy) is 1. The summed E-state index contributed by atoms with van der Waals surface area (Å²) in [6.07, 6.45) is 4.96. The summed E-state index contributed by atoms with van der Waals surface area (Å²) in [5.74, 6) is -0.255. The van der Waals surface area contributed by atoms with Crippen LogP contribution in [0.5, 0.6) is 0 Å². The molecule has 2 saturated heterocycles. The maximum atomic E-state index is 11.7. The van der Waals surface area contributed by atoms with E-state index in [1.165, 1.54) is 24.3 Å². The van der Waals surface area contributed by atoms with Gasteiger partial charge < -0.3 is 19.6 Å². The number of cyclic esters (lactones) is 1. The number of nitrogens with zero attached hydrogens (tertiary/aromatic N) is 3. The predicted octanol–water partition coefficient (Wildman–Crippen LogP) is 3.15. The van der Waals surface area contributed by atoms with Gasteiger partial charge in [0.05, 0.1) is 11.7 Å². The van der Waals surface area contributed by atoms with Gasteiger partial charge in [-0.2, -0.15) is 4.37 Å². The van der Waals surface area contributed by atoms with E-state index in [0.29, 0.717) is 24.1 Å². The quantitative estimate of drug-likeness (QED) is 0.777. The molecule has 1 unspecified atom stereocenters. The molecule has 1 atom stereocenters. The van der Waals surface area contributed by atoms with Crippen LogP contribution in [0, 0.1) is 12.3 Å². The molecule has 1 spiro atoms. The van der Waals surface area contributed by atoms with Gasteiger partial charge in [0, 0.05) is 31.4 Å². The molecule has 3 aliphatic rings. The number of benzene rings is 1. The van der Waals surface area contributed by atoms with Crippen molar-refractivity contribution in [1.29, 1.82) is 0 Å². The number of piperidine rings is 1. The fourth-order valence-electron chi connectivity index (χ4n) is 5.19. The molecule has 4 heterocycles. The predicted molar refractivity (Wildman–Crippen MR) is 112 cm³/mol. The number of hydrogen-bond donors (Lipinski definition) is 1. The topological polar surface area (TPSA) is 65.9 Å². The first kappa shape index (κ1) is 19.0. The summed E-state index contributed by atoms with van der Waals surface area (Å²) >= 11 is 1.59. The van der Waals surface area contributed by atoms with Gasteiger partial charge in [-0.3, -0.25) is 0 Å². The van der Waals surface area contributed by atoms with Gasteiger partial charge in [0.25, 0.3) is 0 Å². The van der Waals surface area contributed by atoms with E-state index in [4.69, 9.17) is 4.74 Å². The number of likely N-dealkylation sites (tertiary alicyclic amines) is 1. The molecule has 7 heteroatoms. The standard InChI is InChI=1S/C22H27N3O3S/c1-15-16(2-3-17-18(15)13-28-21(17)27)19(26)12-24-9-5-22(6-10-24)7-11-25(14-22)20-4-8-23-29-20/h2-4,8,19,26H,5-7,9-14H2,1H3. The van der Waals surface area contributed by atoms with E-state index in [-0.39, 0.29) is 5.97 Å². The fourth-order valence-corrected chi connectivity index (χ4v) is 5.81. The third-order valence-electron chi connectivity index (χ3n) is 7.09. The minimum Gasteiger partial charge on any atom is -0.457 e. The van der Waals surface area contributed by atoms with E-state index in [1.807, 2.05) is 19.2 Å². The highest BCUT2D eigenvalue weighted by Crippen LogP contribution is 2.42. The van der Waals surface area contributed by atoms with Crippen LogP contribution in [-0.2, 0) is 11.3 Å². The summed E-state index contributed by atoms with van der Waals surface area (Å²) in [5.41, 5.74) is 3.89. The molecule has 154 valence electrons. The third-order valence-corrected chi connectivity index (χ3v) is 7.90. The highest BCUT2D eigenvalue weighted by atomic mass is 32.1. The van der Waals surface area contributed by atoms with Crippen LogP contribution in [0.2, 0.25) is 0 Å². The van der Waals surface area contributed by atoms with Crippen LogP contribution in [0.25, 0.3) is 0 Å². The summed E-state index contributed by atoms with van der Waals surface area (Å²) in [7, 11) is 0. The Morgan fingerprint density at radius 3 is 2.79 bits per heavy atom. The molecule has 6 nitrogen and oxygen atoms in total. The first-order chi connectivity index (χ1) is 14.0. The van der Waals surface area contributed by atoms with Crippen LogP contribution >= 0.6 is 11.5 Å². The second-order valence-corrected chi connectivity index (χ2v) is 9.53. The third kappa shape index (κ3) is 3.45. The summed E-state index contributed by atoms with van der Waals surface area (Å²) in [6.45, 7) is 7.26. The van der Waals surface area contributed by atoms with Crippen molar-refractivity contribution < 1.29 is 14.6 Å². The molecule has 0 saturated carbocycles. The van der Waals surface area contributed by atoms with E-state index in [1.54, 1.807) is 17.6 Å². The van der Waals surface area contributed by atoms with Gasteiger partial charge in [-0.15, -0.1) is 0 Å². The van der Waals surface area contributed by atoms with Crippen LogP contribution < -0.4 is 4.90 Å². The SMILES string of the molecule is Cc1c(C(O)CN2CCC3(CC2)CCN(c2ccns2)C3)ccc2c1COC2=O. The average Bonchev–Trinajstić information content (AvgIpc) is 3.45. The molecule has 1 N–H and O–H groups in total. The molecule has 0 aliphatic carbocycles. The van der Waals surface area contributed by atoms with Crippen molar-refractivity contribution in [2.24, 2.45) is 5.41 Å². The van der Waals surface area contributed by atoms with Crippen molar-refractivity contribution >= 4 is 22.5 Å². The van der Waals surface area contributed by atoms with Gasteiger partial charge in [-0.1, -0.05) is 6.07 Å². The number of carbonyl (C=O) groups excluding carboxylic acids is 1. The van der Waals surface area contributed by atoms with Crippen molar-refractivity contribution in [3.05, 3.63) is 46.6 Å². The number of aromatic nitrogens is 1. The number of aliphatic hydroxyl groups is 1. The molecule has 2 aromatic rings. The molecule has 1 aromatic heterocycles. The first-order valence-corrected chi connectivity index (χ1v) is 11.2. The van der Waals surface area contributed by atoms with Crippen LogP contribution in [0.15, 0.2) is 24.4 Å². The Morgan fingerprint density at radius 1 is 1.24 bits per heavy atom. The number of β-amino-alcohol motifs (C(OH)–C–C–N with tert-alkyl or cyclic N) is 1. The Labute approximate surface area is 175 Å². The summed E-state index contributed by atoms with van der Waals surface area (Å²) in [4.78, 5) is 16.6. The lowest BCUT2D eigenvalue weighted by Gasteiger charge is -2.40. The zero-order valence-electron chi connectivity index (χ0n) is 16.8. The Hall–Kier alpha value is -1.96. The lowest BCUT2D eigenvalue weighted by Crippen LogP contribution is -2.43. The summed E-state index contributed by atoms with van der Waals surface area (Å²) < 4.78 is 9.38. The molecule has 3 aliphatic heterocycles. The molecule has 29 heavy (non-hydrogen) atoms. The molecule has 0 bridgehead atoms. The first-order valence-electron chi connectivity index (χ1n) is 10.4. The van der Waals surface area contributed by atoms with Crippen molar-refractivity contribution in [3.63, 3.8) is 0 Å².